The topological polar surface area (TPSA) is 3.24 Å². The highest BCUT2D eigenvalue weighted by Crippen LogP contribution is 2.66. The highest BCUT2D eigenvalue weighted by Gasteiger charge is 2.56. The molecule has 3 unspecified atom stereocenters. The van der Waals surface area contributed by atoms with Crippen molar-refractivity contribution in [2.75, 3.05) is 4.90 Å². The van der Waals surface area contributed by atoms with Gasteiger partial charge in [0.25, 0.3) is 0 Å². The van der Waals surface area contributed by atoms with Crippen LogP contribution in [-0.4, -0.2) is 0 Å². The van der Waals surface area contributed by atoms with Crippen LogP contribution in [0.3, 0.4) is 0 Å². The lowest BCUT2D eigenvalue weighted by atomic mass is 9.67. The summed E-state index contributed by atoms with van der Waals surface area (Å²) in [5.74, 6) is 1.57. The highest BCUT2D eigenvalue weighted by molar-refractivity contribution is 5.99. The molecule has 0 heterocycles. The van der Waals surface area contributed by atoms with Crippen LogP contribution in [0.4, 0.5) is 17.1 Å². The van der Waals surface area contributed by atoms with Gasteiger partial charge in [0, 0.05) is 33.2 Å². The number of rotatable bonds is 5. The van der Waals surface area contributed by atoms with Crippen LogP contribution in [0.25, 0.3) is 55.6 Å². The minimum absolute atomic E-state index is 0.0649. The molecular formula is C61H51N. The molecule has 0 N–H and O–H groups in total. The molecule has 1 nitrogen and oxygen atoms in total. The molecular weight excluding hydrogens is 747 g/mol. The number of anilines is 3. The quantitative estimate of drug-likeness (QED) is 0.168. The third kappa shape index (κ3) is 4.80. The average Bonchev–Trinajstić information content (AvgIpc) is 4.10. The molecule has 300 valence electrons. The molecule has 2 bridgehead atoms. The predicted octanol–water partition coefficient (Wildman–Crippen LogP) is 16.2. The fourth-order valence-corrected chi connectivity index (χ4v) is 13.5. The van der Waals surface area contributed by atoms with Gasteiger partial charge in [0.05, 0.1) is 5.69 Å². The van der Waals surface area contributed by atoms with Crippen LogP contribution >= 0.6 is 0 Å². The maximum absolute atomic E-state index is 2.56. The first kappa shape index (κ1) is 36.2. The first-order valence-electron chi connectivity index (χ1n) is 23.0. The molecule has 2 saturated carbocycles. The molecule has 1 heteroatoms. The Bertz CT molecular complexity index is 3180. The molecule has 0 saturated heterocycles. The van der Waals surface area contributed by atoms with Gasteiger partial charge in [-0.05, 0) is 151 Å². The Morgan fingerprint density at radius 2 is 0.984 bits per heavy atom. The Morgan fingerprint density at radius 3 is 1.76 bits per heavy atom. The summed E-state index contributed by atoms with van der Waals surface area (Å²) in [7, 11) is 0. The van der Waals surface area contributed by atoms with E-state index in [9.17, 15) is 0 Å². The molecule has 8 aromatic rings. The first-order valence-corrected chi connectivity index (χ1v) is 23.0. The second-order valence-electron chi connectivity index (χ2n) is 20.1. The molecule has 0 aliphatic heterocycles. The molecule has 0 radical (unpaired) electrons. The van der Waals surface area contributed by atoms with E-state index in [1.807, 2.05) is 0 Å². The predicted molar refractivity (Wildman–Crippen MR) is 259 cm³/mol. The second kappa shape index (κ2) is 12.8. The zero-order valence-corrected chi connectivity index (χ0v) is 36.2. The summed E-state index contributed by atoms with van der Waals surface area (Å²) in [5, 5.41) is 0. The van der Waals surface area contributed by atoms with Crippen molar-refractivity contribution in [2.24, 2.45) is 11.8 Å². The van der Waals surface area contributed by atoms with Crippen LogP contribution < -0.4 is 4.90 Å². The number of benzene rings is 8. The molecule has 5 aliphatic rings. The molecule has 0 aromatic heterocycles. The van der Waals surface area contributed by atoms with E-state index >= 15 is 0 Å². The van der Waals surface area contributed by atoms with Gasteiger partial charge >= 0.3 is 0 Å². The Kier molecular flexibility index (Phi) is 7.48. The van der Waals surface area contributed by atoms with Crippen LogP contribution in [0, 0.1) is 11.8 Å². The van der Waals surface area contributed by atoms with E-state index in [4.69, 9.17) is 0 Å². The van der Waals surface area contributed by atoms with Crippen molar-refractivity contribution in [3.63, 3.8) is 0 Å². The summed E-state index contributed by atoms with van der Waals surface area (Å²) in [6, 6.07) is 67.5. The summed E-state index contributed by atoms with van der Waals surface area (Å²) in [4.78, 5) is 2.56. The lowest BCUT2D eigenvalue weighted by Crippen LogP contribution is -2.31. The Morgan fingerprint density at radius 1 is 0.403 bits per heavy atom. The fourth-order valence-electron chi connectivity index (χ4n) is 13.5. The minimum atomic E-state index is -0.0836. The molecule has 8 aromatic carbocycles. The number of fused-ring (bicyclic) bond motifs is 14. The summed E-state index contributed by atoms with van der Waals surface area (Å²) < 4.78 is 0. The van der Waals surface area contributed by atoms with E-state index in [-0.39, 0.29) is 16.2 Å². The summed E-state index contributed by atoms with van der Waals surface area (Å²) in [6.07, 6.45) is 5.40. The third-order valence-corrected chi connectivity index (χ3v) is 16.4. The van der Waals surface area contributed by atoms with Crippen LogP contribution in [0.2, 0.25) is 0 Å². The lowest BCUT2D eigenvalue weighted by Gasteiger charge is -2.36. The van der Waals surface area contributed by atoms with E-state index in [2.05, 4.69) is 209 Å². The van der Waals surface area contributed by atoms with Gasteiger partial charge < -0.3 is 4.90 Å². The molecule has 2 fully saturated rings. The summed E-state index contributed by atoms with van der Waals surface area (Å²) >= 11 is 0. The monoisotopic (exact) mass is 797 g/mol. The van der Waals surface area contributed by atoms with E-state index < -0.39 is 0 Å². The second-order valence-corrected chi connectivity index (χ2v) is 20.1. The van der Waals surface area contributed by atoms with Crippen molar-refractivity contribution in [3.05, 3.63) is 209 Å². The van der Waals surface area contributed by atoms with E-state index in [1.165, 1.54) is 115 Å². The van der Waals surface area contributed by atoms with Crippen molar-refractivity contribution < 1.29 is 0 Å². The molecule has 62 heavy (non-hydrogen) atoms. The van der Waals surface area contributed by atoms with Gasteiger partial charge in [-0.25, -0.2) is 0 Å². The van der Waals surface area contributed by atoms with Gasteiger partial charge in [-0.3, -0.25) is 0 Å². The highest BCUT2D eigenvalue weighted by atomic mass is 15.1. The fraction of sp³-hybridized carbons (Fsp3) is 0.213. The maximum Gasteiger partial charge on any atom is 0.0540 e. The van der Waals surface area contributed by atoms with Gasteiger partial charge in [-0.15, -0.1) is 0 Å². The third-order valence-electron chi connectivity index (χ3n) is 16.4. The van der Waals surface area contributed by atoms with Crippen molar-refractivity contribution in [2.45, 2.75) is 69.6 Å². The summed E-state index contributed by atoms with van der Waals surface area (Å²) in [5.41, 5.74) is 25.5. The SMILES string of the molecule is CC1(C)c2ccccc2-c2ccc(-c3cccc(N(c4ccc5c(c4)-c4ccccc4C54CC5CCC4C5)c4ccccc4-c4cccc5c4-c4ccccc4C5(C)C)c3)cc21. The minimum Gasteiger partial charge on any atom is -0.310 e. The average molecular weight is 798 g/mol. The standard InChI is InChI=1S/C61H51N/c1-59(2)52-23-10-7-20-49(52)58-48(21-14-25-55(58)59)47-19-8-12-26-57(47)62(43-30-32-54-50(36-43)45-18-6-11-24-53(45)61(54)37-38-27-29-41(61)33-38)42-16-13-15-39(34-42)40-28-31-46-44-17-5-9-22-51(44)60(3,4)56(46)35-40/h5-26,28,30-32,34-36,38,41H,27,29,33,37H2,1-4H3. The summed E-state index contributed by atoms with van der Waals surface area (Å²) in [6.45, 7) is 9.52. The first-order chi connectivity index (χ1) is 30.2. The van der Waals surface area contributed by atoms with Crippen molar-refractivity contribution in [1.29, 1.82) is 0 Å². The van der Waals surface area contributed by atoms with E-state index in [0.29, 0.717) is 0 Å². The van der Waals surface area contributed by atoms with Crippen molar-refractivity contribution >= 4 is 17.1 Å². The van der Waals surface area contributed by atoms with Gasteiger partial charge in [-0.1, -0.05) is 174 Å². The Hall–Kier alpha value is -6.44. The lowest BCUT2D eigenvalue weighted by molar-refractivity contribution is 0.327. The van der Waals surface area contributed by atoms with Gasteiger partial charge in [0.2, 0.25) is 0 Å². The maximum atomic E-state index is 2.56. The normalized spacial score (nSPS) is 21.0. The zero-order chi connectivity index (χ0) is 41.5. The van der Waals surface area contributed by atoms with Crippen LogP contribution in [0.1, 0.15) is 86.8 Å². The zero-order valence-electron chi connectivity index (χ0n) is 36.2. The molecule has 5 aliphatic carbocycles. The smallest absolute Gasteiger partial charge is 0.0540 e. The number of hydrogen-bond acceptors (Lipinski definition) is 1. The Labute approximate surface area is 366 Å². The largest absolute Gasteiger partial charge is 0.310 e. The van der Waals surface area contributed by atoms with Gasteiger partial charge in [-0.2, -0.15) is 0 Å². The van der Waals surface area contributed by atoms with Crippen molar-refractivity contribution in [3.8, 4) is 55.6 Å². The van der Waals surface area contributed by atoms with Crippen LogP contribution in [-0.2, 0) is 16.2 Å². The van der Waals surface area contributed by atoms with E-state index in [0.717, 1.165) is 17.5 Å². The van der Waals surface area contributed by atoms with Crippen LogP contribution in [0.5, 0.6) is 0 Å². The van der Waals surface area contributed by atoms with Crippen LogP contribution in [0.15, 0.2) is 176 Å². The number of nitrogens with zero attached hydrogens (tertiary/aromatic N) is 1. The molecule has 13 rings (SSSR count). The number of para-hydroxylation sites is 1. The van der Waals surface area contributed by atoms with Gasteiger partial charge in [0.1, 0.15) is 0 Å². The molecule has 3 atom stereocenters. The number of hydrogen-bond donors (Lipinski definition) is 0. The molecule has 1 spiro atoms. The van der Waals surface area contributed by atoms with Crippen molar-refractivity contribution in [1.82, 2.24) is 0 Å². The Balaban J connectivity index is 1.02. The van der Waals surface area contributed by atoms with E-state index in [1.54, 1.807) is 11.1 Å². The van der Waals surface area contributed by atoms with Gasteiger partial charge in [0.15, 0.2) is 0 Å². The molecule has 0 amide bonds.